The van der Waals surface area contributed by atoms with Crippen molar-refractivity contribution in [1.82, 2.24) is 0 Å². The normalized spacial score (nSPS) is 21.3. The van der Waals surface area contributed by atoms with Crippen LogP contribution in [0.1, 0.15) is 44.7 Å². The molecule has 1 saturated carbocycles. The first-order valence-electron chi connectivity index (χ1n) is 5.80. The molecule has 0 bridgehead atoms. The fourth-order valence-electron chi connectivity index (χ4n) is 2.55. The van der Waals surface area contributed by atoms with Crippen LogP contribution in [-0.2, 0) is 10.8 Å². The van der Waals surface area contributed by atoms with Crippen molar-refractivity contribution in [3.8, 4) is 5.75 Å². The average Bonchev–Trinajstić information content (AvgIpc) is 2.83. The zero-order chi connectivity index (χ0) is 10.7. The van der Waals surface area contributed by atoms with E-state index in [0.29, 0.717) is 5.41 Å². The molecule has 0 atom stereocenters. The van der Waals surface area contributed by atoms with Crippen LogP contribution in [0.3, 0.4) is 0 Å². The highest BCUT2D eigenvalue weighted by Crippen LogP contribution is 2.57. The van der Waals surface area contributed by atoms with E-state index in [9.17, 15) is 0 Å². The predicted molar refractivity (Wildman–Crippen MR) is 61.5 cm³/mol. The summed E-state index contributed by atoms with van der Waals surface area (Å²) < 4.78 is 5.93. The highest BCUT2D eigenvalue weighted by Gasteiger charge is 2.51. The monoisotopic (exact) mass is 202 g/mol. The van der Waals surface area contributed by atoms with Crippen molar-refractivity contribution in [2.75, 3.05) is 6.61 Å². The Morgan fingerprint density at radius 3 is 2.53 bits per heavy atom. The van der Waals surface area contributed by atoms with Crippen molar-refractivity contribution in [2.24, 2.45) is 0 Å². The predicted octanol–water partition coefficient (Wildman–Crippen LogP) is 3.41. The van der Waals surface area contributed by atoms with Crippen molar-refractivity contribution in [1.29, 1.82) is 0 Å². The maximum absolute atomic E-state index is 5.93. The summed E-state index contributed by atoms with van der Waals surface area (Å²) >= 11 is 0. The van der Waals surface area contributed by atoms with Gasteiger partial charge >= 0.3 is 0 Å². The summed E-state index contributed by atoms with van der Waals surface area (Å²) in [6.07, 6.45) is 2.63. The van der Waals surface area contributed by atoms with Gasteiger partial charge in [0.1, 0.15) is 5.75 Å². The Bertz CT molecular complexity index is 408. The van der Waals surface area contributed by atoms with Gasteiger partial charge in [-0.3, -0.25) is 0 Å². The molecule has 3 rings (SSSR count). The maximum Gasteiger partial charge on any atom is 0.126 e. The number of ether oxygens (including phenoxy) is 1. The molecule has 80 valence electrons. The van der Waals surface area contributed by atoms with Gasteiger partial charge in [-0.05, 0) is 23.8 Å². The summed E-state index contributed by atoms with van der Waals surface area (Å²) in [5.74, 6) is 1.18. The second-order valence-corrected chi connectivity index (χ2v) is 6.00. The summed E-state index contributed by atoms with van der Waals surface area (Å²) in [7, 11) is 0. The Morgan fingerprint density at radius 1 is 1.20 bits per heavy atom. The first-order chi connectivity index (χ1) is 7.03. The molecular weight excluding hydrogens is 184 g/mol. The standard InChI is InChI=1S/C14H18O/c1-13(2,3)10-5-4-6-11-12(10)15-9-14(11)7-8-14/h4-6H,7-9H2,1-3H3. The quantitative estimate of drug-likeness (QED) is 0.626. The number of hydrogen-bond donors (Lipinski definition) is 0. The lowest BCUT2D eigenvalue weighted by Crippen LogP contribution is -2.12. The van der Waals surface area contributed by atoms with E-state index in [-0.39, 0.29) is 5.41 Å². The molecule has 0 amide bonds. The molecule has 0 radical (unpaired) electrons. The lowest BCUT2D eigenvalue weighted by molar-refractivity contribution is 0.316. The summed E-state index contributed by atoms with van der Waals surface area (Å²) in [6, 6.07) is 6.65. The van der Waals surface area contributed by atoms with E-state index in [1.807, 2.05) is 0 Å². The van der Waals surface area contributed by atoms with Gasteiger partial charge in [-0.1, -0.05) is 39.0 Å². The minimum absolute atomic E-state index is 0.186. The molecule has 1 aromatic rings. The van der Waals surface area contributed by atoms with E-state index in [0.717, 1.165) is 6.61 Å². The molecular formula is C14H18O. The Labute approximate surface area is 91.5 Å². The molecule has 0 unspecified atom stereocenters. The highest BCUT2D eigenvalue weighted by atomic mass is 16.5. The Morgan fingerprint density at radius 2 is 1.93 bits per heavy atom. The van der Waals surface area contributed by atoms with Crippen LogP contribution in [0.25, 0.3) is 0 Å². The third-order valence-corrected chi connectivity index (χ3v) is 3.74. The summed E-state index contributed by atoms with van der Waals surface area (Å²) in [6.45, 7) is 7.67. The van der Waals surface area contributed by atoms with E-state index in [2.05, 4.69) is 39.0 Å². The van der Waals surface area contributed by atoms with Gasteiger partial charge in [0.05, 0.1) is 6.61 Å². The first-order valence-corrected chi connectivity index (χ1v) is 5.80. The molecule has 1 aliphatic heterocycles. The van der Waals surface area contributed by atoms with Crippen molar-refractivity contribution >= 4 is 0 Å². The second-order valence-electron chi connectivity index (χ2n) is 6.00. The summed E-state index contributed by atoms with van der Waals surface area (Å²) in [4.78, 5) is 0. The molecule has 1 heterocycles. The topological polar surface area (TPSA) is 9.23 Å². The van der Waals surface area contributed by atoms with Gasteiger partial charge in [0.2, 0.25) is 0 Å². The Balaban J connectivity index is 2.17. The Hall–Kier alpha value is -0.980. The zero-order valence-corrected chi connectivity index (χ0v) is 9.76. The number of benzene rings is 1. The molecule has 2 aliphatic rings. The van der Waals surface area contributed by atoms with Gasteiger partial charge in [-0.2, -0.15) is 0 Å². The van der Waals surface area contributed by atoms with Crippen LogP contribution in [0.4, 0.5) is 0 Å². The molecule has 15 heavy (non-hydrogen) atoms. The first kappa shape index (κ1) is 9.26. The second kappa shape index (κ2) is 2.58. The van der Waals surface area contributed by atoms with E-state index < -0.39 is 0 Å². The molecule has 0 aromatic heterocycles. The third-order valence-electron chi connectivity index (χ3n) is 3.74. The van der Waals surface area contributed by atoms with Crippen molar-refractivity contribution in [2.45, 2.75) is 44.4 Å². The van der Waals surface area contributed by atoms with E-state index in [1.54, 1.807) is 0 Å². The minimum atomic E-state index is 0.186. The number of rotatable bonds is 0. The van der Waals surface area contributed by atoms with Crippen LogP contribution < -0.4 is 4.74 Å². The summed E-state index contributed by atoms with van der Waals surface area (Å²) in [5, 5.41) is 0. The van der Waals surface area contributed by atoms with Gasteiger partial charge in [0.15, 0.2) is 0 Å². The number of hydrogen-bond acceptors (Lipinski definition) is 1. The fraction of sp³-hybridized carbons (Fsp3) is 0.571. The maximum atomic E-state index is 5.93. The van der Waals surface area contributed by atoms with Gasteiger partial charge in [-0.15, -0.1) is 0 Å². The van der Waals surface area contributed by atoms with Crippen LogP contribution in [0, 0.1) is 0 Å². The van der Waals surface area contributed by atoms with Gasteiger partial charge in [-0.25, -0.2) is 0 Å². The molecule has 1 fully saturated rings. The fourth-order valence-corrected chi connectivity index (χ4v) is 2.55. The molecule has 1 spiro atoms. The van der Waals surface area contributed by atoms with E-state index in [1.165, 1.54) is 29.7 Å². The molecule has 1 aromatic carbocycles. The van der Waals surface area contributed by atoms with E-state index >= 15 is 0 Å². The Kier molecular flexibility index (Phi) is 1.59. The van der Waals surface area contributed by atoms with E-state index in [4.69, 9.17) is 4.74 Å². The van der Waals surface area contributed by atoms with Crippen LogP contribution in [0.5, 0.6) is 5.75 Å². The number of para-hydroxylation sites is 1. The average molecular weight is 202 g/mol. The van der Waals surface area contributed by atoms with Gasteiger partial charge < -0.3 is 4.74 Å². The third kappa shape index (κ3) is 1.22. The largest absolute Gasteiger partial charge is 0.492 e. The van der Waals surface area contributed by atoms with Crippen molar-refractivity contribution < 1.29 is 4.74 Å². The zero-order valence-electron chi connectivity index (χ0n) is 9.76. The molecule has 1 heteroatoms. The van der Waals surface area contributed by atoms with Crippen LogP contribution in [-0.4, -0.2) is 6.61 Å². The molecule has 0 N–H and O–H groups in total. The SMILES string of the molecule is CC(C)(C)c1cccc2c1OCC21CC1. The smallest absolute Gasteiger partial charge is 0.126 e. The van der Waals surface area contributed by atoms with Crippen LogP contribution in [0.15, 0.2) is 18.2 Å². The lowest BCUT2D eigenvalue weighted by atomic mass is 9.84. The number of fused-ring (bicyclic) bond motifs is 2. The van der Waals surface area contributed by atoms with Gasteiger partial charge in [0, 0.05) is 11.0 Å². The van der Waals surface area contributed by atoms with Gasteiger partial charge in [0.25, 0.3) is 0 Å². The van der Waals surface area contributed by atoms with Crippen LogP contribution >= 0.6 is 0 Å². The molecule has 1 nitrogen and oxygen atoms in total. The molecule has 1 aliphatic carbocycles. The lowest BCUT2D eigenvalue weighted by Gasteiger charge is -2.21. The van der Waals surface area contributed by atoms with Crippen molar-refractivity contribution in [3.63, 3.8) is 0 Å². The van der Waals surface area contributed by atoms with Crippen LogP contribution in [0.2, 0.25) is 0 Å². The highest BCUT2D eigenvalue weighted by molar-refractivity contribution is 5.53. The summed E-state index contributed by atoms with van der Waals surface area (Å²) in [5.41, 5.74) is 3.43. The van der Waals surface area contributed by atoms with Crippen molar-refractivity contribution in [3.05, 3.63) is 29.3 Å². The minimum Gasteiger partial charge on any atom is -0.492 e. The molecule has 0 saturated heterocycles.